The number of rotatable bonds is 3. The topological polar surface area (TPSA) is 72.2 Å². The van der Waals surface area contributed by atoms with Gasteiger partial charge in [0.2, 0.25) is 5.91 Å². The fourth-order valence-electron chi connectivity index (χ4n) is 1.74. The lowest BCUT2D eigenvalue weighted by Crippen LogP contribution is -2.14. The highest BCUT2D eigenvalue weighted by Crippen LogP contribution is 2.17. The highest BCUT2D eigenvalue weighted by molar-refractivity contribution is 6.05. The average molecular weight is 254 g/mol. The molecule has 0 unspecified atom stereocenters. The highest BCUT2D eigenvalue weighted by atomic mass is 16.2. The van der Waals surface area contributed by atoms with Crippen molar-refractivity contribution in [2.75, 3.05) is 5.32 Å². The Morgan fingerprint density at radius 2 is 1.68 bits per heavy atom. The van der Waals surface area contributed by atoms with Crippen LogP contribution < -0.4 is 11.1 Å². The molecule has 19 heavy (non-hydrogen) atoms. The predicted molar refractivity (Wildman–Crippen MR) is 74.1 cm³/mol. The lowest BCUT2D eigenvalue weighted by atomic mass is 10.1. The van der Waals surface area contributed by atoms with E-state index in [1.54, 1.807) is 42.5 Å². The molecule has 0 fully saturated rings. The van der Waals surface area contributed by atoms with Gasteiger partial charge in [-0.05, 0) is 42.8 Å². The largest absolute Gasteiger partial charge is 0.366 e. The van der Waals surface area contributed by atoms with Crippen LogP contribution in [-0.4, -0.2) is 11.8 Å². The van der Waals surface area contributed by atoms with Crippen LogP contribution in [0.2, 0.25) is 0 Å². The maximum absolute atomic E-state index is 12.0. The summed E-state index contributed by atoms with van der Waals surface area (Å²) >= 11 is 0. The van der Waals surface area contributed by atoms with E-state index in [2.05, 4.69) is 5.32 Å². The minimum atomic E-state index is -0.482. The van der Waals surface area contributed by atoms with E-state index in [9.17, 15) is 9.59 Å². The Labute approximate surface area is 111 Å². The van der Waals surface area contributed by atoms with Crippen molar-refractivity contribution in [3.8, 4) is 0 Å². The van der Waals surface area contributed by atoms with Crippen molar-refractivity contribution < 1.29 is 9.59 Å². The molecule has 0 spiro atoms. The van der Waals surface area contributed by atoms with Gasteiger partial charge in [0.25, 0.3) is 5.91 Å². The first-order chi connectivity index (χ1) is 9.08. The number of amides is 2. The molecule has 0 bridgehead atoms. The molecule has 0 heterocycles. The van der Waals surface area contributed by atoms with E-state index in [0.717, 1.165) is 5.56 Å². The number of aryl methyl sites for hydroxylation is 1. The average Bonchev–Trinajstić information content (AvgIpc) is 2.41. The van der Waals surface area contributed by atoms with Gasteiger partial charge < -0.3 is 11.1 Å². The van der Waals surface area contributed by atoms with Crippen molar-refractivity contribution in [2.24, 2.45) is 5.73 Å². The molecule has 3 N–H and O–H groups in total. The third kappa shape index (κ3) is 2.98. The monoisotopic (exact) mass is 254 g/mol. The van der Waals surface area contributed by atoms with Gasteiger partial charge in [-0.1, -0.05) is 18.2 Å². The van der Waals surface area contributed by atoms with Gasteiger partial charge in [-0.2, -0.15) is 0 Å². The Balaban J connectivity index is 2.20. The molecule has 0 saturated carbocycles. The normalized spacial score (nSPS) is 9.95. The van der Waals surface area contributed by atoms with Gasteiger partial charge in [-0.15, -0.1) is 0 Å². The molecule has 0 aliphatic heterocycles. The first-order valence-electron chi connectivity index (χ1n) is 5.85. The fourth-order valence-corrected chi connectivity index (χ4v) is 1.74. The summed E-state index contributed by atoms with van der Waals surface area (Å²) in [5.74, 6) is -0.667. The summed E-state index contributed by atoms with van der Waals surface area (Å²) in [5, 5.41) is 2.80. The summed E-state index contributed by atoms with van der Waals surface area (Å²) in [5.41, 5.74) is 7.67. The van der Waals surface area contributed by atoms with Crippen molar-refractivity contribution in [1.82, 2.24) is 0 Å². The molecule has 0 radical (unpaired) electrons. The Kier molecular flexibility index (Phi) is 3.61. The van der Waals surface area contributed by atoms with Crippen LogP contribution in [0.4, 0.5) is 5.69 Å². The molecule has 4 heteroatoms. The Bertz CT molecular complexity index is 621. The molecule has 0 atom stereocenters. The van der Waals surface area contributed by atoms with Crippen molar-refractivity contribution in [3.63, 3.8) is 0 Å². The molecule has 0 saturated heterocycles. The van der Waals surface area contributed by atoms with Crippen LogP contribution in [0.25, 0.3) is 0 Å². The molecule has 96 valence electrons. The summed E-state index contributed by atoms with van der Waals surface area (Å²) < 4.78 is 0. The molecule has 0 aromatic heterocycles. The quantitative estimate of drug-likeness (QED) is 0.882. The molecule has 2 aromatic rings. The van der Waals surface area contributed by atoms with Crippen LogP contribution >= 0.6 is 0 Å². The molecular formula is C15H14N2O2. The van der Waals surface area contributed by atoms with Crippen LogP contribution in [0.5, 0.6) is 0 Å². The maximum Gasteiger partial charge on any atom is 0.255 e. The van der Waals surface area contributed by atoms with Gasteiger partial charge in [0.1, 0.15) is 0 Å². The van der Waals surface area contributed by atoms with E-state index in [0.29, 0.717) is 16.8 Å². The van der Waals surface area contributed by atoms with Crippen LogP contribution in [0.1, 0.15) is 26.3 Å². The Morgan fingerprint density at radius 3 is 2.26 bits per heavy atom. The molecule has 0 aliphatic rings. The van der Waals surface area contributed by atoms with E-state index in [4.69, 9.17) is 5.73 Å². The second kappa shape index (κ2) is 5.35. The number of nitrogens with one attached hydrogen (secondary N) is 1. The first-order valence-corrected chi connectivity index (χ1v) is 5.85. The van der Waals surface area contributed by atoms with E-state index < -0.39 is 5.91 Å². The summed E-state index contributed by atoms with van der Waals surface area (Å²) in [4.78, 5) is 23.0. The van der Waals surface area contributed by atoms with Gasteiger partial charge in [0.05, 0.1) is 0 Å². The maximum atomic E-state index is 12.0. The zero-order chi connectivity index (χ0) is 13.8. The lowest BCUT2D eigenvalue weighted by molar-refractivity contribution is 0.0998. The van der Waals surface area contributed by atoms with E-state index in [-0.39, 0.29) is 5.91 Å². The van der Waals surface area contributed by atoms with Crippen LogP contribution in [0, 0.1) is 6.92 Å². The minimum Gasteiger partial charge on any atom is -0.366 e. The van der Waals surface area contributed by atoms with Gasteiger partial charge in [-0.25, -0.2) is 0 Å². The smallest absolute Gasteiger partial charge is 0.255 e. The number of primary amides is 1. The van der Waals surface area contributed by atoms with Crippen molar-refractivity contribution in [2.45, 2.75) is 6.92 Å². The number of carbonyl (C=O) groups excluding carboxylic acids is 2. The van der Waals surface area contributed by atoms with Gasteiger partial charge >= 0.3 is 0 Å². The van der Waals surface area contributed by atoms with E-state index in [1.807, 2.05) is 13.0 Å². The number of hydrogen-bond donors (Lipinski definition) is 2. The second-order valence-electron chi connectivity index (χ2n) is 4.21. The third-order valence-electron chi connectivity index (χ3n) is 2.80. The molecule has 2 amide bonds. The van der Waals surface area contributed by atoms with Gasteiger partial charge in [0.15, 0.2) is 0 Å². The molecule has 4 nitrogen and oxygen atoms in total. The van der Waals surface area contributed by atoms with Gasteiger partial charge in [-0.3, -0.25) is 9.59 Å². The minimum absolute atomic E-state index is 0.185. The van der Waals surface area contributed by atoms with Crippen molar-refractivity contribution in [1.29, 1.82) is 0 Å². The summed E-state index contributed by atoms with van der Waals surface area (Å²) in [6.07, 6.45) is 0. The lowest BCUT2D eigenvalue weighted by Gasteiger charge is -2.09. The van der Waals surface area contributed by atoms with Crippen LogP contribution in [-0.2, 0) is 0 Å². The van der Waals surface area contributed by atoms with Gasteiger partial charge in [0, 0.05) is 16.8 Å². The predicted octanol–water partition coefficient (Wildman–Crippen LogP) is 2.35. The number of nitrogens with two attached hydrogens (primary N) is 1. The van der Waals surface area contributed by atoms with Crippen LogP contribution in [0.3, 0.4) is 0 Å². The number of carbonyl (C=O) groups is 2. The van der Waals surface area contributed by atoms with Crippen LogP contribution in [0.15, 0.2) is 48.5 Å². The van der Waals surface area contributed by atoms with E-state index >= 15 is 0 Å². The summed E-state index contributed by atoms with van der Waals surface area (Å²) in [6.45, 7) is 1.81. The highest BCUT2D eigenvalue weighted by Gasteiger charge is 2.08. The Morgan fingerprint density at radius 1 is 1.00 bits per heavy atom. The second-order valence-corrected chi connectivity index (χ2v) is 4.21. The summed E-state index contributed by atoms with van der Waals surface area (Å²) in [6, 6.07) is 13.9. The zero-order valence-electron chi connectivity index (χ0n) is 10.5. The summed E-state index contributed by atoms with van der Waals surface area (Å²) in [7, 11) is 0. The molecular weight excluding hydrogens is 240 g/mol. The fraction of sp³-hybridized carbons (Fsp3) is 0.0667. The number of hydrogen-bond acceptors (Lipinski definition) is 2. The van der Waals surface area contributed by atoms with Crippen molar-refractivity contribution >= 4 is 17.5 Å². The van der Waals surface area contributed by atoms with Crippen molar-refractivity contribution in [3.05, 3.63) is 65.2 Å². The third-order valence-corrected chi connectivity index (χ3v) is 2.80. The molecule has 0 aliphatic carbocycles. The molecule has 2 aromatic carbocycles. The molecule has 2 rings (SSSR count). The van der Waals surface area contributed by atoms with E-state index in [1.165, 1.54) is 0 Å². The number of anilines is 1. The SMILES string of the molecule is Cc1cc(C(N)=O)ccc1NC(=O)c1ccccc1. The first kappa shape index (κ1) is 12.8. The number of benzene rings is 2. The standard InChI is InChI=1S/C15H14N2O2/c1-10-9-12(14(16)18)7-8-13(10)17-15(19)11-5-3-2-4-6-11/h2-9H,1H3,(H2,16,18)(H,17,19). The Hall–Kier alpha value is -2.62. The zero-order valence-corrected chi connectivity index (χ0v) is 10.5.